The largest absolute Gasteiger partial charge is 0.452 e. The molecule has 1 aliphatic heterocycles. The number of hydrogen-bond acceptors (Lipinski definition) is 5. The van der Waals surface area contributed by atoms with E-state index in [0.29, 0.717) is 28.2 Å². The third kappa shape index (κ3) is 3.46. The van der Waals surface area contributed by atoms with Gasteiger partial charge in [-0.15, -0.1) is 0 Å². The number of hydrogen-bond donors (Lipinski definition) is 0. The standard InChI is InChI=1S/C22H14BrNO4/c1-13-18(28-22(26)15-2-4-16(23)5-3-15)7-6-17-20(25)19(27-21(13)17)12-14-8-10-24-11-9-14/h2-12H,1H3/b19-12-. The Balaban J connectivity index is 1.61. The number of Topliss-reactive ketones (excluding diaryl/α,β-unsaturated/α-hetero) is 1. The zero-order chi connectivity index (χ0) is 19.7. The SMILES string of the molecule is Cc1c(OC(=O)c2ccc(Br)cc2)ccc2c1O/C(=C\c1ccncc1)C2=O. The van der Waals surface area contributed by atoms with Gasteiger partial charge in [0.15, 0.2) is 5.76 Å². The van der Waals surface area contributed by atoms with Gasteiger partial charge in [0.25, 0.3) is 0 Å². The quantitative estimate of drug-likeness (QED) is 0.329. The van der Waals surface area contributed by atoms with Gasteiger partial charge in [0.2, 0.25) is 5.78 Å². The van der Waals surface area contributed by atoms with E-state index in [1.54, 1.807) is 73.9 Å². The predicted molar refractivity (Wildman–Crippen MR) is 107 cm³/mol. The highest BCUT2D eigenvalue weighted by Gasteiger charge is 2.30. The maximum atomic E-state index is 12.6. The number of esters is 1. The molecule has 4 rings (SSSR count). The fraction of sp³-hybridized carbons (Fsp3) is 0.0455. The normalized spacial score (nSPS) is 13.9. The van der Waals surface area contributed by atoms with E-state index in [1.807, 2.05) is 0 Å². The maximum Gasteiger partial charge on any atom is 0.343 e. The van der Waals surface area contributed by atoms with E-state index in [9.17, 15) is 9.59 Å². The van der Waals surface area contributed by atoms with Gasteiger partial charge in [-0.1, -0.05) is 15.9 Å². The molecule has 0 amide bonds. The van der Waals surface area contributed by atoms with Crippen LogP contribution in [0.15, 0.2) is 71.2 Å². The molecule has 2 aromatic carbocycles. The maximum absolute atomic E-state index is 12.6. The van der Waals surface area contributed by atoms with Crippen molar-refractivity contribution >= 4 is 33.8 Å². The second-order valence-corrected chi connectivity index (χ2v) is 7.10. The first kappa shape index (κ1) is 18.1. The summed E-state index contributed by atoms with van der Waals surface area (Å²) in [6, 6.07) is 13.7. The highest BCUT2D eigenvalue weighted by Crippen LogP contribution is 2.39. The number of halogens is 1. The Hall–Kier alpha value is -3.25. The van der Waals surface area contributed by atoms with Crippen LogP contribution in [0.5, 0.6) is 11.5 Å². The van der Waals surface area contributed by atoms with Gasteiger partial charge >= 0.3 is 5.97 Å². The van der Waals surface area contributed by atoms with E-state index >= 15 is 0 Å². The molecule has 0 radical (unpaired) electrons. The lowest BCUT2D eigenvalue weighted by Crippen LogP contribution is -2.09. The van der Waals surface area contributed by atoms with Crippen LogP contribution in [-0.2, 0) is 0 Å². The molecule has 2 heterocycles. The van der Waals surface area contributed by atoms with Crippen LogP contribution >= 0.6 is 15.9 Å². The average Bonchev–Trinajstić information content (AvgIpc) is 3.02. The third-order valence-electron chi connectivity index (χ3n) is 4.32. The zero-order valence-electron chi connectivity index (χ0n) is 14.8. The fourth-order valence-corrected chi connectivity index (χ4v) is 3.10. The van der Waals surface area contributed by atoms with E-state index in [2.05, 4.69) is 20.9 Å². The van der Waals surface area contributed by atoms with Crippen molar-refractivity contribution in [2.75, 3.05) is 0 Å². The number of ketones is 1. The molecular formula is C22H14BrNO4. The molecule has 1 aromatic heterocycles. The van der Waals surface area contributed by atoms with Gasteiger partial charge in [0, 0.05) is 22.4 Å². The molecule has 0 fully saturated rings. The molecule has 3 aromatic rings. The predicted octanol–water partition coefficient (Wildman–Crippen LogP) is 4.99. The van der Waals surface area contributed by atoms with Crippen molar-refractivity contribution in [1.82, 2.24) is 4.98 Å². The average molecular weight is 436 g/mol. The number of carbonyl (C=O) groups excluding carboxylic acids is 2. The van der Waals surface area contributed by atoms with E-state index in [1.165, 1.54) is 0 Å². The molecule has 0 spiro atoms. The Morgan fingerprint density at radius 1 is 1.07 bits per heavy atom. The molecule has 0 unspecified atom stereocenters. The summed E-state index contributed by atoms with van der Waals surface area (Å²) < 4.78 is 12.2. The van der Waals surface area contributed by atoms with Gasteiger partial charge in [-0.2, -0.15) is 0 Å². The number of nitrogens with zero attached hydrogens (tertiary/aromatic N) is 1. The Morgan fingerprint density at radius 2 is 1.79 bits per heavy atom. The molecule has 1 aliphatic rings. The van der Waals surface area contributed by atoms with Crippen molar-refractivity contribution < 1.29 is 19.1 Å². The summed E-state index contributed by atoms with van der Waals surface area (Å²) in [5, 5.41) is 0. The van der Waals surface area contributed by atoms with Crippen molar-refractivity contribution in [3.63, 3.8) is 0 Å². The highest BCUT2D eigenvalue weighted by molar-refractivity contribution is 9.10. The molecule has 6 heteroatoms. The number of rotatable bonds is 3. The van der Waals surface area contributed by atoms with Gasteiger partial charge in [-0.3, -0.25) is 9.78 Å². The Labute approximate surface area is 169 Å². The Bertz CT molecular complexity index is 1110. The van der Waals surface area contributed by atoms with Crippen LogP contribution in [0.25, 0.3) is 6.08 Å². The third-order valence-corrected chi connectivity index (χ3v) is 4.85. The highest BCUT2D eigenvalue weighted by atomic mass is 79.9. The van der Waals surface area contributed by atoms with Crippen molar-refractivity contribution in [1.29, 1.82) is 0 Å². The number of benzene rings is 2. The lowest BCUT2D eigenvalue weighted by Gasteiger charge is -2.10. The van der Waals surface area contributed by atoms with Gasteiger partial charge in [-0.25, -0.2) is 4.79 Å². The first-order valence-corrected chi connectivity index (χ1v) is 9.28. The van der Waals surface area contributed by atoms with Crippen LogP contribution in [0, 0.1) is 6.92 Å². The van der Waals surface area contributed by atoms with Crippen molar-refractivity contribution in [2.24, 2.45) is 0 Å². The molecule has 138 valence electrons. The minimum Gasteiger partial charge on any atom is -0.452 e. The van der Waals surface area contributed by atoms with Crippen LogP contribution in [0.2, 0.25) is 0 Å². The monoisotopic (exact) mass is 435 g/mol. The molecule has 5 nitrogen and oxygen atoms in total. The summed E-state index contributed by atoms with van der Waals surface area (Å²) in [7, 11) is 0. The summed E-state index contributed by atoms with van der Waals surface area (Å²) in [6.07, 6.45) is 4.95. The Morgan fingerprint density at radius 3 is 2.50 bits per heavy atom. The fourth-order valence-electron chi connectivity index (χ4n) is 2.83. The number of pyridine rings is 1. The van der Waals surface area contributed by atoms with Crippen LogP contribution in [0.1, 0.15) is 31.8 Å². The molecule has 0 saturated heterocycles. The Kier molecular flexibility index (Phi) is 4.79. The van der Waals surface area contributed by atoms with Crippen LogP contribution in [-0.4, -0.2) is 16.7 Å². The molecule has 0 atom stereocenters. The van der Waals surface area contributed by atoms with Gasteiger partial charge in [0.1, 0.15) is 11.5 Å². The minimum atomic E-state index is -0.479. The second-order valence-electron chi connectivity index (χ2n) is 6.18. The van der Waals surface area contributed by atoms with Crippen LogP contribution in [0.3, 0.4) is 0 Å². The number of aromatic nitrogens is 1. The smallest absolute Gasteiger partial charge is 0.343 e. The molecule has 0 aliphatic carbocycles. The minimum absolute atomic E-state index is 0.208. The number of carbonyl (C=O) groups is 2. The molecule has 0 saturated carbocycles. The molecule has 0 bridgehead atoms. The van der Waals surface area contributed by atoms with Crippen LogP contribution in [0.4, 0.5) is 0 Å². The second kappa shape index (κ2) is 7.40. The first-order valence-electron chi connectivity index (χ1n) is 8.48. The summed E-state index contributed by atoms with van der Waals surface area (Å²) in [5.74, 6) is 0.296. The van der Waals surface area contributed by atoms with E-state index < -0.39 is 5.97 Å². The van der Waals surface area contributed by atoms with Crippen molar-refractivity contribution in [3.8, 4) is 11.5 Å². The van der Waals surface area contributed by atoms with E-state index in [4.69, 9.17) is 9.47 Å². The van der Waals surface area contributed by atoms with Crippen molar-refractivity contribution in [2.45, 2.75) is 6.92 Å². The summed E-state index contributed by atoms with van der Waals surface area (Å²) >= 11 is 3.33. The molecule has 0 N–H and O–H groups in total. The summed E-state index contributed by atoms with van der Waals surface area (Å²) in [5.41, 5.74) is 2.28. The van der Waals surface area contributed by atoms with Gasteiger partial charge in [0.05, 0.1) is 11.1 Å². The lowest BCUT2D eigenvalue weighted by molar-refractivity contribution is 0.0733. The number of allylic oxidation sites excluding steroid dienone is 1. The van der Waals surface area contributed by atoms with Crippen LogP contribution < -0.4 is 9.47 Å². The van der Waals surface area contributed by atoms with Crippen molar-refractivity contribution in [3.05, 3.63) is 93.4 Å². The van der Waals surface area contributed by atoms with Gasteiger partial charge < -0.3 is 9.47 Å². The van der Waals surface area contributed by atoms with E-state index in [-0.39, 0.29) is 11.5 Å². The molecule has 28 heavy (non-hydrogen) atoms. The van der Waals surface area contributed by atoms with E-state index in [0.717, 1.165) is 10.0 Å². The molecular weight excluding hydrogens is 422 g/mol. The number of ether oxygens (including phenoxy) is 2. The number of fused-ring (bicyclic) bond motifs is 1. The summed E-state index contributed by atoms with van der Waals surface area (Å²) in [6.45, 7) is 1.76. The topological polar surface area (TPSA) is 65.5 Å². The lowest BCUT2D eigenvalue weighted by atomic mass is 10.1. The summed E-state index contributed by atoms with van der Waals surface area (Å²) in [4.78, 5) is 29.0. The van der Waals surface area contributed by atoms with Gasteiger partial charge in [-0.05, 0) is 67.1 Å². The first-order chi connectivity index (χ1) is 13.5. The zero-order valence-corrected chi connectivity index (χ0v) is 16.4.